The molecule has 78 valence electrons. The van der Waals surface area contributed by atoms with Gasteiger partial charge in [-0.3, -0.25) is 0 Å². The van der Waals surface area contributed by atoms with Gasteiger partial charge in [-0.25, -0.2) is 0 Å². The Hall–Kier alpha value is -0.163. The maximum Gasteiger partial charge on any atom is 0.500 e. The highest BCUT2D eigenvalue weighted by atomic mass is 28.4. The van der Waals surface area contributed by atoms with E-state index in [9.17, 15) is 0 Å². The van der Waals surface area contributed by atoms with Crippen molar-refractivity contribution in [2.45, 2.75) is 25.8 Å². The van der Waals surface area contributed by atoms with Crippen molar-refractivity contribution in [2.75, 3.05) is 21.3 Å². The van der Waals surface area contributed by atoms with Crippen molar-refractivity contribution in [1.82, 2.24) is 0 Å². The van der Waals surface area contributed by atoms with Gasteiger partial charge >= 0.3 is 8.80 Å². The second-order valence-electron chi connectivity index (χ2n) is 2.71. The van der Waals surface area contributed by atoms with Gasteiger partial charge in [0.2, 0.25) is 0 Å². The zero-order valence-electron chi connectivity index (χ0n) is 9.00. The average Bonchev–Trinajstić information content (AvgIpc) is 2.20. The second kappa shape index (κ2) is 7.26. The van der Waals surface area contributed by atoms with Crippen LogP contribution in [0.1, 0.15) is 19.8 Å². The highest BCUT2D eigenvalue weighted by molar-refractivity contribution is 6.60. The lowest BCUT2D eigenvalue weighted by Gasteiger charge is -2.23. The third-order valence-corrected chi connectivity index (χ3v) is 4.72. The summed E-state index contributed by atoms with van der Waals surface area (Å²) < 4.78 is 15.8. The average molecular weight is 204 g/mol. The molecule has 0 radical (unpaired) electrons. The van der Waals surface area contributed by atoms with Crippen molar-refractivity contribution >= 4 is 8.80 Å². The Bertz CT molecular complexity index is 136. The van der Waals surface area contributed by atoms with Crippen LogP contribution in [0.4, 0.5) is 0 Å². The maximum absolute atomic E-state index is 5.28. The molecule has 0 bridgehead atoms. The minimum absolute atomic E-state index is 0.840. The molecule has 0 aliphatic rings. The minimum atomic E-state index is -2.32. The minimum Gasteiger partial charge on any atom is -0.377 e. The Morgan fingerprint density at radius 2 is 1.54 bits per heavy atom. The summed E-state index contributed by atoms with van der Waals surface area (Å²) in [5, 5.41) is 0. The van der Waals surface area contributed by atoms with Gasteiger partial charge < -0.3 is 13.3 Å². The third kappa shape index (κ3) is 4.57. The fraction of sp³-hybridized carbons (Fsp3) is 0.778. The van der Waals surface area contributed by atoms with E-state index in [4.69, 9.17) is 13.3 Å². The lowest BCUT2D eigenvalue weighted by Crippen LogP contribution is -2.42. The van der Waals surface area contributed by atoms with Crippen molar-refractivity contribution < 1.29 is 13.3 Å². The summed E-state index contributed by atoms with van der Waals surface area (Å²) in [6.45, 7) is 2.12. The smallest absolute Gasteiger partial charge is 0.377 e. The highest BCUT2D eigenvalue weighted by Gasteiger charge is 2.36. The van der Waals surface area contributed by atoms with Gasteiger partial charge in [0.15, 0.2) is 0 Å². The molecule has 4 heteroatoms. The standard InChI is InChI=1S/C9H20O3Si/c1-5-6-7-8-9-13(10-2,11-3)12-4/h6-7H,5,8-9H2,1-4H3/b7-6-. The molecule has 0 rings (SSSR count). The van der Waals surface area contributed by atoms with Gasteiger partial charge in [0, 0.05) is 27.4 Å². The molecular formula is C9H20O3Si. The van der Waals surface area contributed by atoms with Gasteiger partial charge in [-0.1, -0.05) is 19.1 Å². The summed E-state index contributed by atoms with van der Waals surface area (Å²) in [7, 11) is 2.61. The molecule has 0 aromatic carbocycles. The monoisotopic (exact) mass is 204 g/mol. The third-order valence-electron chi connectivity index (χ3n) is 1.95. The van der Waals surface area contributed by atoms with Gasteiger partial charge in [0.25, 0.3) is 0 Å². The molecule has 0 spiro atoms. The van der Waals surface area contributed by atoms with Crippen LogP contribution in [-0.4, -0.2) is 30.1 Å². The normalized spacial score (nSPS) is 12.6. The molecule has 0 fully saturated rings. The van der Waals surface area contributed by atoms with E-state index in [1.165, 1.54) is 0 Å². The number of hydrogen-bond acceptors (Lipinski definition) is 3. The van der Waals surface area contributed by atoms with Crippen LogP contribution in [0.15, 0.2) is 12.2 Å². The summed E-state index contributed by atoms with van der Waals surface area (Å²) >= 11 is 0. The van der Waals surface area contributed by atoms with Crippen LogP contribution in [0.5, 0.6) is 0 Å². The first kappa shape index (κ1) is 12.8. The van der Waals surface area contributed by atoms with Crippen LogP contribution in [-0.2, 0) is 13.3 Å². The lowest BCUT2D eigenvalue weighted by molar-refractivity contribution is 0.124. The Morgan fingerprint density at radius 3 is 1.92 bits per heavy atom. The van der Waals surface area contributed by atoms with Crippen LogP contribution < -0.4 is 0 Å². The summed E-state index contributed by atoms with van der Waals surface area (Å²) in [4.78, 5) is 0. The Kier molecular flexibility index (Phi) is 7.17. The molecule has 0 aromatic rings. The molecule has 0 amide bonds. The van der Waals surface area contributed by atoms with E-state index in [-0.39, 0.29) is 0 Å². The zero-order chi connectivity index (χ0) is 10.2. The zero-order valence-corrected chi connectivity index (χ0v) is 10.0. The fourth-order valence-electron chi connectivity index (χ4n) is 1.10. The summed E-state index contributed by atoms with van der Waals surface area (Å²) in [6.07, 6.45) is 6.30. The molecule has 0 atom stereocenters. The summed E-state index contributed by atoms with van der Waals surface area (Å²) in [5.41, 5.74) is 0. The molecule has 0 aliphatic carbocycles. The molecule has 0 aromatic heterocycles. The first-order valence-electron chi connectivity index (χ1n) is 4.55. The summed E-state index contributed by atoms with van der Waals surface area (Å²) in [5.74, 6) is 0. The SMILES string of the molecule is CC/C=C\CC[Si](OC)(OC)OC. The Balaban J connectivity index is 3.88. The van der Waals surface area contributed by atoms with E-state index in [1.54, 1.807) is 21.3 Å². The van der Waals surface area contributed by atoms with Crippen LogP contribution in [0.2, 0.25) is 6.04 Å². The highest BCUT2D eigenvalue weighted by Crippen LogP contribution is 2.15. The second-order valence-corrected chi connectivity index (χ2v) is 5.80. The first-order chi connectivity index (χ1) is 6.24. The fourth-order valence-corrected chi connectivity index (χ4v) is 2.73. The van der Waals surface area contributed by atoms with E-state index in [0.717, 1.165) is 18.9 Å². The van der Waals surface area contributed by atoms with E-state index in [1.807, 2.05) is 0 Å². The molecular weight excluding hydrogens is 184 g/mol. The van der Waals surface area contributed by atoms with Crippen LogP contribution >= 0.6 is 0 Å². The molecule has 0 saturated heterocycles. The molecule has 3 nitrogen and oxygen atoms in total. The van der Waals surface area contributed by atoms with Crippen molar-refractivity contribution in [2.24, 2.45) is 0 Å². The topological polar surface area (TPSA) is 27.7 Å². The predicted octanol–water partition coefficient (Wildman–Crippen LogP) is 2.22. The van der Waals surface area contributed by atoms with Crippen LogP contribution in [0.3, 0.4) is 0 Å². The van der Waals surface area contributed by atoms with E-state index >= 15 is 0 Å². The molecule has 13 heavy (non-hydrogen) atoms. The largest absolute Gasteiger partial charge is 0.500 e. The van der Waals surface area contributed by atoms with E-state index in [0.29, 0.717) is 0 Å². The van der Waals surface area contributed by atoms with Gasteiger partial charge in [-0.05, 0) is 12.8 Å². The van der Waals surface area contributed by atoms with E-state index in [2.05, 4.69) is 19.1 Å². The van der Waals surface area contributed by atoms with Crippen molar-refractivity contribution in [3.8, 4) is 0 Å². The first-order valence-corrected chi connectivity index (χ1v) is 6.48. The maximum atomic E-state index is 5.28. The number of allylic oxidation sites excluding steroid dienone is 2. The van der Waals surface area contributed by atoms with Crippen LogP contribution in [0.25, 0.3) is 0 Å². The van der Waals surface area contributed by atoms with Gasteiger partial charge in [0.1, 0.15) is 0 Å². The van der Waals surface area contributed by atoms with Crippen molar-refractivity contribution in [3.63, 3.8) is 0 Å². The summed E-state index contributed by atoms with van der Waals surface area (Å²) in [6, 6.07) is 0.840. The quantitative estimate of drug-likeness (QED) is 0.470. The number of rotatable bonds is 7. The van der Waals surface area contributed by atoms with Crippen molar-refractivity contribution in [1.29, 1.82) is 0 Å². The number of hydrogen-bond donors (Lipinski definition) is 0. The Morgan fingerprint density at radius 1 is 1.00 bits per heavy atom. The molecule has 0 aliphatic heterocycles. The van der Waals surface area contributed by atoms with Gasteiger partial charge in [-0.2, -0.15) is 0 Å². The Labute approximate surface area is 82.1 Å². The van der Waals surface area contributed by atoms with E-state index < -0.39 is 8.80 Å². The molecule has 0 N–H and O–H groups in total. The lowest BCUT2D eigenvalue weighted by atomic mass is 10.4. The van der Waals surface area contributed by atoms with Crippen molar-refractivity contribution in [3.05, 3.63) is 12.2 Å². The van der Waals surface area contributed by atoms with Gasteiger partial charge in [-0.15, -0.1) is 0 Å². The molecule has 0 saturated carbocycles. The van der Waals surface area contributed by atoms with Gasteiger partial charge in [0.05, 0.1) is 0 Å². The predicted molar refractivity (Wildman–Crippen MR) is 55.6 cm³/mol. The molecule has 0 heterocycles. The molecule has 0 unspecified atom stereocenters. The van der Waals surface area contributed by atoms with Crippen LogP contribution in [0, 0.1) is 0 Å².